The maximum absolute atomic E-state index is 13.9. The molecule has 0 aromatic heterocycles. The Labute approximate surface area is 117 Å². The lowest BCUT2D eigenvalue weighted by Gasteiger charge is -2.10. The summed E-state index contributed by atoms with van der Waals surface area (Å²) in [7, 11) is 0. The third-order valence-electron chi connectivity index (χ3n) is 2.77. The van der Waals surface area contributed by atoms with Crippen molar-refractivity contribution in [3.05, 3.63) is 58.9 Å². The zero-order valence-corrected chi connectivity index (χ0v) is 11.6. The van der Waals surface area contributed by atoms with Crippen molar-refractivity contribution < 1.29 is 9.13 Å². The molecule has 0 aliphatic rings. The number of hydrogen-bond donors (Lipinski definition) is 1. The van der Waals surface area contributed by atoms with Crippen molar-refractivity contribution in [1.29, 1.82) is 0 Å². The van der Waals surface area contributed by atoms with Crippen LogP contribution in [0.2, 0.25) is 0 Å². The Morgan fingerprint density at radius 3 is 2.37 bits per heavy atom. The van der Waals surface area contributed by atoms with Gasteiger partial charge in [0.1, 0.15) is 10.7 Å². The zero-order chi connectivity index (χ0) is 14.0. The van der Waals surface area contributed by atoms with Crippen molar-refractivity contribution in [2.45, 2.75) is 13.8 Å². The summed E-state index contributed by atoms with van der Waals surface area (Å²) in [6.45, 7) is 3.91. The van der Waals surface area contributed by atoms with E-state index in [1.165, 1.54) is 12.1 Å². The van der Waals surface area contributed by atoms with E-state index in [4.69, 9.17) is 22.7 Å². The van der Waals surface area contributed by atoms with Gasteiger partial charge in [-0.25, -0.2) is 4.39 Å². The van der Waals surface area contributed by atoms with Gasteiger partial charge >= 0.3 is 0 Å². The second-order valence-corrected chi connectivity index (χ2v) is 4.82. The standard InChI is InChI=1S/C15H14FNOS/c1-9-3-5-13(10(2)7-9)18-14-6-4-11(15(17)19)8-12(14)16/h3-8H,1-2H3,(H2,17,19). The molecule has 0 radical (unpaired) electrons. The molecule has 0 aliphatic carbocycles. The summed E-state index contributed by atoms with van der Waals surface area (Å²) in [4.78, 5) is 0.164. The normalized spacial score (nSPS) is 10.3. The predicted molar refractivity (Wildman–Crippen MR) is 78.3 cm³/mol. The van der Waals surface area contributed by atoms with Crippen LogP contribution in [0.5, 0.6) is 11.5 Å². The second-order valence-electron chi connectivity index (χ2n) is 4.38. The molecule has 2 aromatic carbocycles. The summed E-state index contributed by atoms with van der Waals surface area (Å²) in [5.74, 6) is 0.310. The third kappa shape index (κ3) is 3.09. The van der Waals surface area contributed by atoms with Gasteiger partial charge in [-0.1, -0.05) is 29.9 Å². The number of rotatable bonds is 3. The summed E-state index contributed by atoms with van der Waals surface area (Å²) in [5, 5.41) is 0. The van der Waals surface area contributed by atoms with Gasteiger partial charge in [0, 0.05) is 5.56 Å². The Balaban J connectivity index is 2.31. The van der Waals surface area contributed by atoms with E-state index in [1.54, 1.807) is 6.07 Å². The molecule has 2 rings (SSSR count). The molecule has 0 unspecified atom stereocenters. The van der Waals surface area contributed by atoms with E-state index in [9.17, 15) is 4.39 Å². The highest BCUT2D eigenvalue weighted by Crippen LogP contribution is 2.28. The minimum absolute atomic E-state index is 0.159. The van der Waals surface area contributed by atoms with Gasteiger partial charge in [0.15, 0.2) is 11.6 Å². The first-order valence-corrected chi connectivity index (χ1v) is 6.22. The van der Waals surface area contributed by atoms with E-state index >= 15 is 0 Å². The molecule has 2 N–H and O–H groups in total. The molecule has 4 heteroatoms. The number of aryl methyl sites for hydroxylation is 2. The Kier molecular flexibility index (Phi) is 3.81. The lowest BCUT2D eigenvalue weighted by atomic mass is 10.1. The molecule has 19 heavy (non-hydrogen) atoms. The van der Waals surface area contributed by atoms with Gasteiger partial charge in [-0.2, -0.15) is 0 Å². The van der Waals surface area contributed by atoms with Crippen LogP contribution >= 0.6 is 12.2 Å². The Morgan fingerprint density at radius 1 is 1.11 bits per heavy atom. The fraction of sp³-hybridized carbons (Fsp3) is 0.133. The minimum atomic E-state index is -0.481. The topological polar surface area (TPSA) is 35.2 Å². The summed E-state index contributed by atoms with van der Waals surface area (Å²) >= 11 is 4.80. The highest BCUT2D eigenvalue weighted by Gasteiger charge is 2.09. The van der Waals surface area contributed by atoms with Gasteiger partial charge in [0.2, 0.25) is 0 Å². The van der Waals surface area contributed by atoms with Crippen molar-refractivity contribution in [2.24, 2.45) is 5.73 Å². The molecule has 0 atom stereocenters. The second kappa shape index (κ2) is 5.36. The van der Waals surface area contributed by atoms with Crippen molar-refractivity contribution in [2.75, 3.05) is 0 Å². The molecule has 0 spiro atoms. The fourth-order valence-electron chi connectivity index (χ4n) is 1.77. The fourth-order valence-corrected chi connectivity index (χ4v) is 1.90. The first-order chi connectivity index (χ1) is 8.97. The van der Waals surface area contributed by atoms with Crippen LogP contribution in [0, 0.1) is 19.7 Å². The van der Waals surface area contributed by atoms with Crippen LogP contribution in [0.4, 0.5) is 4.39 Å². The molecule has 2 aromatic rings. The first kappa shape index (κ1) is 13.5. The largest absolute Gasteiger partial charge is 0.454 e. The van der Waals surface area contributed by atoms with Gasteiger partial charge in [-0.05, 0) is 43.7 Å². The number of halogens is 1. The van der Waals surface area contributed by atoms with E-state index in [0.29, 0.717) is 11.3 Å². The maximum atomic E-state index is 13.9. The van der Waals surface area contributed by atoms with Crippen LogP contribution in [0.15, 0.2) is 36.4 Å². The summed E-state index contributed by atoms with van der Waals surface area (Å²) in [5.41, 5.74) is 8.03. The van der Waals surface area contributed by atoms with Crippen molar-refractivity contribution in [1.82, 2.24) is 0 Å². The van der Waals surface area contributed by atoms with Crippen LogP contribution in [-0.4, -0.2) is 4.99 Å². The van der Waals surface area contributed by atoms with Crippen molar-refractivity contribution >= 4 is 17.2 Å². The number of ether oxygens (including phenoxy) is 1. The highest BCUT2D eigenvalue weighted by molar-refractivity contribution is 7.80. The Hall–Kier alpha value is -1.94. The van der Waals surface area contributed by atoms with Crippen LogP contribution in [-0.2, 0) is 0 Å². The van der Waals surface area contributed by atoms with E-state index in [2.05, 4.69) is 0 Å². The van der Waals surface area contributed by atoms with E-state index in [0.717, 1.165) is 11.1 Å². The predicted octanol–water partition coefficient (Wildman–Crippen LogP) is 3.87. The number of thiocarbonyl (C=S) groups is 1. The molecular formula is C15H14FNOS. The van der Waals surface area contributed by atoms with Crippen LogP contribution in [0.1, 0.15) is 16.7 Å². The molecule has 2 nitrogen and oxygen atoms in total. The van der Waals surface area contributed by atoms with E-state index in [1.807, 2.05) is 32.0 Å². The lowest BCUT2D eigenvalue weighted by Crippen LogP contribution is -2.09. The molecule has 0 saturated carbocycles. The monoisotopic (exact) mass is 275 g/mol. The Morgan fingerprint density at radius 2 is 1.79 bits per heavy atom. The maximum Gasteiger partial charge on any atom is 0.166 e. The molecular weight excluding hydrogens is 261 g/mol. The van der Waals surface area contributed by atoms with Crippen LogP contribution < -0.4 is 10.5 Å². The quantitative estimate of drug-likeness (QED) is 0.864. The summed E-state index contributed by atoms with van der Waals surface area (Å²) in [6, 6.07) is 10.2. The Bertz CT molecular complexity index is 640. The first-order valence-electron chi connectivity index (χ1n) is 5.82. The minimum Gasteiger partial charge on any atom is -0.454 e. The van der Waals surface area contributed by atoms with E-state index < -0.39 is 5.82 Å². The molecule has 98 valence electrons. The zero-order valence-electron chi connectivity index (χ0n) is 10.7. The van der Waals surface area contributed by atoms with E-state index in [-0.39, 0.29) is 10.7 Å². The summed E-state index contributed by atoms with van der Waals surface area (Å²) in [6.07, 6.45) is 0. The van der Waals surface area contributed by atoms with Crippen molar-refractivity contribution in [3.63, 3.8) is 0 Å². The lowest BCUT2D eigenvalue weighted by molar-refractivity contribution is 0.439. The van der Waals surface area contributed by atoms with Crippen molar-refractivity contribution in [3.8, 4) is 11.5 Å². The molecule has 0 bridgehead atoms. The molecule has 0 heterocycles. The molecule has 0 amide bonds. The summed E-state index contributed by atoms with van der Waals surface area (Å²) < 4.78 is 19.4. The number of hydrogen-bond acceptors (Lipinski definition) is 2. The average Bonchev–Trinajstić information content (AvgIpc) is 2.34. The number of nitrogens with two attached hydrogens (primary N) is 1. The van der Waals surface area contributed by atoms with Crippen LogP contribution in [0.25, 0.3) is 0 Å². The van der Waals surface area contributed by atoms with Gasteiger partial charge in [0.05, 0.1) is 0 Å². The van der Waals surface area contributed by atoms with Crippen LogP contribution in [0.3, 0.4) is 0 Å². The SMILES string of the molecule is Cc1ccc(Oc2ccc(C(N)=S)cc2F)c(C)c1. The third-order valence-corrected chi connectivity index (χ3v) is 3.00. The highest BCUT2D eigenvalue weighted by atomic mass is 32.1. The smallest absolute Gasteiger partial charge is 0.166 e. The molecule has 0 aliphatic heterocycles. The van der Waals surface area contributed by atoms with Gasteiger partial charge in [-0.15, -0.1) is 0 Å². The van der Waals surface area contributed by atoms with Gasteiger partial charge in [0.25, 0.3) is 0 Å². The molecule has 0 fully saturated rings. The van der Waals surface area contributed by atoms with Gasteiger partial charge in [-0.3, -0.25) is 0 Å². The number of benzene rings is 2. The van der Waals surface area contributed by atoms with Gasteiger partial charge < -0.3 is 10.5 Å². The average molecular weight is 275 g/mol. The molecule has 0 saturated heterocycles.